The van der Waals surface area contributed by atoms with Crippen molar-refractivity contribution < 1.29 is 18.0 Å². The van der Waals surface area contributed by atoms with Gasteiger partial charge < -0.3 is 0 Å². The van der Waals surface area contributed by atoms with Crippen molar-refractivity contribution in [1.82, 2.24) is 15.2 Å². The van der Waals surface area contributed by atoms with E-state index in [1.807, 2.05) is 24.3 Å². The average molecular weight is 453 g/mol. The molecule has 11 heteroatoms. The summed E-state index contributed by atoms with van der Waals surface area (Å²) < 4.78 is 39.7. The van der Waals surface area contributed by atoms with Crippen LogP contribution in [0.5, 0.6) is 0 Å². The molecule has 0 spiro atoms. The molecule has 0 fully saturated rings. The first kappa shape index (κ1) is 19.8. The van der Waals surface area contributed by atoms with Gasteiger partial charge in [0.05, 0.1) is 10.2 Å². The highest BCUT2D eigenvalue weighted by Gasteiger charge is 2.35. The lowest BCUT2D eigenvalue weighted by Gasteiger charge is -2.03. The largest absolute Gasteiger partial charge is 0.445 e. The summed E-state index contributed by atoms with van der Waals surface area (Å²) in [5.74, 6) is 0.146. The van der Waals surface area contributed by atoms with E-state index < -0.39 is 17.1 Å². The van der Waals surface area contributed by atoms with Gasteiger partial charge in [-0.1, -0.05) is 47.4 Å². The van der Waals surface area contributed by atoms with Gasteiger partial charge >= 0.3 is 6.18 Å². The lowest BCUT2D eigenvalue weighted by molar-refractivity contribution is -0.138. The maximum Gasteiger partial charge on any atom is 0.445 e. The molecule has 1 N–H and O–H groups in total. The second kappa shape index (κ2) is 8.09. The lowest BCUT2D eigenvalue weighted by atomic mass is 10.1. The Morgan fingerprint density at radius 2 is 1.79 bits per heavy atom. The average Bonchev–Trinajstić information content (AvgIpc) is 3.33. The summed E-state index contributed by atoms with van der Waals surface area (Å²) in [5, 5.41) is 7.43. The zero-order chi connectivity index (χ0) is 20.4. The molecule has 0 aliphatic carbocycles. The molecule has 0 unspecified atom stereocenters. The van der Waals surface area contributed by atoms with Crippen LogP contribution in [0.15, 0.2) is 52.9 Å². The van der Waals surface area contributed by atoms with Crippen LogP contribution in [-0.2, 0) is 11.9 Å². The Kier molecular flexibility index (Phi) is 5.52. The Bertz CT molecular complexity index is 1120. The van der Waals surface area contributed by atoms with Gasteiger partial charge in [0.2, 0.25) is 10.1 Å². The van der Waals surface area contributed by atoms with Crippen molar-refractivity contribution in [2.75, 3.05) is 5.32 Å². The number of thioether (sulfide) groups is 1. The number of aromatic nitrogens is 3. The highest BCUT2D eigenvalue weighted by Crippen LogP contribution is 2.33. The Hall–Kier alpha value is -2.50. The zero-order valence-electron chi connectivity index (χ0n) is 14.4. The van der Waals surface area contributed by atoms with E-state index in [0.29, 0.717) is 11.3 Å². The normalized spacial score (nSPS) is 11.7. The number of alkyl halides is 3. The number of amides is 1. The summed E-state index contributed by atoms with van der Waals surface area (Å²) in [6, 6.07) is 14.8. The number of fused-ring (bicyclic) bond motifs is 1. The molecule has 4 aromatic rings. The van der Waals surface area contributed by atoms with E-state index in [4.69, 9.17) is 0 Å². The molecule has 5 nitrogen and oxygen atoms in total. The minimum atomic E-state index is -4.58. The molecule has 2 heterocycles. The van der Waals surface area contributed by atoms with Gasteiger partial charge in [-0.15, -0.1) is 21.5 Å². The van der Waals surface area contributed by atoms with Crippen LogP contribution in [-0.4, -0.2) is 21.1 Å². The monoisotopic (exact) mass is 452 g/mol. The van der Waals surface area contributed by atoms with Gasteiger partial charge in [-0.2, -0.15) is 13.2 Å². The first-order chi connectivity index (χ1) is 13.9. The van der Waals surface area contributed by atoms with Crippen molar-refractivity contribution in [3.8, 4) is 0 Å². The second-order valence-electron chi connectivity index (χ2n) is 5.80. The smallest absolute Gasteiger partial charge is 0.296 e. The summed E-state index contributed by atoms with van der Waals surface area (Å²) >= 11 is 3.52. The quantitative estimate of drug-likeness (QED) is 0.393. The highest BCUT2D eigenvalue weighted by molar-refractivity contribution is 8.00. The first-order valence-corrected chi connectivity index (χ1v) is 10.8. The Morgan fingerprint density at radius 3 is 2.48 bits per heavy atom. The number of hydrogen-bond donors (Lipinski definition) is 1. The second-order valence-corrected chi connectivity index (χ2v) is 9.03. The molecular weight excluding hydrogens is 441 g/mol. The molecule has 4 rings (SSSR count). The molecule has 0 saturated heterocycles. The summed E-state index contributed by atoms with van der Waals surface area (Å²) in [7, 11) is 0. The Balaban J connectivity index is 1.36. The number of rotatable bonds is 5. The molecule has 2 aromatic heterocycles. The van der Waals surface area contributed by atoms with Crippen LogP contribution in [0, 0.1) is 0 Å². The maximum absolute atomic E-state index is 12.6. The highest BCUT2D eigenvalue weighted by atomic mass is 32.2. The van der Waals surface area contributed by atoms with E-state index in [1.54, 1.807) is 47.4 Å². The molecule has 0 aliphatic heterocycles. The number of nitrogens with zero attached hydrogens (tertiary/aromatic N) is 3. The van der Waals surface area contributed by atoms with Crippen LogP contribution in [0.3, 0.4) is 0 Å². The summed E-state index contributed by atoms with van der Waals surface area (Å²) in [6.07, 6.45) is -4.58. The third kappa shape index (κ3) is 4.74. The predicted molar refractivity (Wildman–Crippen MR) is 108 cm³/mol. The number of carbonyl (C=O) groups is 1. The van der Waals surface area contributed by atoms with E-state index >= 15 is 0 Å². The molecule has 0 bridgehead atoms. The van der Waals surface area contributed by atoms with Gasteiger partial charge in [-0.3, -0.25) is 10.1 Å². The number of halogens is 3. The summed E-state index contributed by atoms with van der Waals surface area (Å²) in [5.41, 5.74) is 2.29. The third-order valence-electron chi connectivity index (χ3n) is 3.74. The van der Waals surface area contributed by atoms with E-state index in [-0.39, 0.29) is 16.5 Å². The minimum absolute atomic E-state index is 0.196. The number of anilines is 1. The van der Waals surface area contributed by atoms with Crippen LogP contribution in [0.1, 0.15) is 20.9 Å². The van der Waals surface area contributed by atoms with E-state index in [0.717, 1.165) is 20.1 Å². The van der Waals surface area contributed by atoms with E-state index in [1.165, 1.54) is 0 Å². The standard InChI is InChI=1S/C18H11F3N4OS3/c19-18(20,21)15-24-25-16(29-15)23-14(26)11-7-5-10(6-8-11)9-27-17-22-12-3-1-2-4-13(12)28-17/h1-8H,9H2,(H,23,25,26). The minimum Gasteiger partial charge on any atom is -0.296 e. The fourth-order valence-corrected chi connectivity index (χ4v) is 5.00. The van der Waals surface area contributed by atoms with Crippen molar-refractivity contribution in [1.29, 1.82) is 0 Å². The van der Waals surface area contributed by atoms with E-state index in [9.17, 15) is 18.0 Å². The Labute approximate surface area is 175 Å². The van der Waals surface area contributed by atoms with Crippen LogP contribution >= 0.6 is 34.4 Å². The number of carbonyl (C=O) groups excluding carboxylic acids is 1. The molecule has 0 aliphatic rings. The van der Waals surface area contributed by atoms with Crippen LogP contribution in [0.25, 0.3) is 10.2 Å². The first-order valence-electron chi connectivity index (χ1n) is 8.18. The predicted octanol–water partition coefficient (Wildman–Crippen LogP) is 5.71. The van der Waals surface area contributed by atoms with Crippen molar-refractivity contribution in [2.45, 2.75) is 16.3 Å². The fraction of sp³-hybridized carbons (Fsp3) is 0.111. The van der Waals surface area contributed by atoms with Gasteiger partial charge in [0.25, 0.3) is 5.91 Å². The van der Waals surface area contributed by atoms with Gasteiger partial charge in [0.15, 0.2) is 4.34 Å². The summed E-state index contributed by atoms with van der Waals surface area (Å²) in [6.45, 7) is 0. The molecule has 0 saturated carbocycles. The molecule has 29 heavy (non-hydrogen) atoms. The maximum atomic E-state index is 12.6. The van der Waals surface area contributed by atoms with Gasteiger partial charge in [0.1, 0.15) is 0 Å². The topological polar surface area (TPSA) is 67.8 Å². The number of nitrogens with one attached hydrogen (secondary N) is 1. The third-order valence-corrected chi connectivity index (χ3v) is 6.87. The zero-order valence-corrected chi connectivity index (χ0v) is 16.9. The van der Waals surface area contributed by atoms with Crippen molar-refractivity contribution in [3.63, 3.8) is 0 Å². The lowest BCUT2D eigenvalue weighted by Crippen LogP contribution is -2.11. The summed E-state index contributed by atoms with van der Waals surface area (Å²) in [4.78, 5) is 16.8. The van der Waals surface area contributed by atoms with Crippen molar-refractivity contribution in [2.24, 2.45) is 0 Å². The Morgan fingerprint density at radius 1 is 1.03 bits per heavy atom. The molecular formula is C18H11F3N4OS3. The van der Waals surface area contributed by atoms with Gasteiger partial charge in [-0.25, -0.2) is 4.98 Å². The number of para-hydroxylation sites is 1. The molecule has 148 valence electrons. The van der Waals surface area contributed by atoms with Gasteiger partial charge in [-0.05, 0) is 29.8 Å². The molecule has 0 radical (unpaired) electrons. The van der Waals surface area contributed by atoms with Crippen LogP contribution < -0.4 is 5.32 Å². The van der Waals surface area contributed by atoms with Gasteiger partial charge in [0, 0.05) is 11.3 Å². The van der Waals surface area contributed by atoms with E-state index in [2.05, 4.69) is 20.5 Å². The number of benzene rings is 2. The molecule has 2 aromatic carbocycles. The fourth-order valence-electron chi connectivity index (χ4n) is 2.37. The molecule has 1 amide bonds. The SMILES string of the molecule is O=C(Nc1nnc(C(F)(F)F)s1)c1ccc(CSc2nc3ccccc3s2)cc1. The van der Waals surface area contributed by atoms with Crippen LogP contribution in [0.2, 0.25) is 0 Å². The number of hydrogen-bond acceptors (Lipinski definition) is 7. The molecule has 0 atom stereocenters. The van der Waals surface area contributed by atoms with Crippen molar-refractivity contribution >= 4 is 55.7 Å². The number of thiazole rings is 1. The van der Waals surface area contributed by atoms with Crippen LogP contribution in [0.4, 0.5) is 18.3 Å². The van der Waals surface area contributed by atoms with Crippen molar-refractivity contribution in [3.05, 3.63) is 64.7 Å².